The number of methoxy groups -OCH3 is 1. The lowest BCUT2D eigenvalue weighted by atomic mass is 10.1. The molecule has 0 bridgehead atoms. The van der Waals surface area contributed by atoms with Crippen molar-refractivity contribution in [3.8, 4) is 5.75 Å². The second-order valence-corrected chi connectivity index (χ2v) is 8.19. The first kappa shape index (κ1) is 21.3. The standard InChI is InChI=1S/C22H21FN2O4S/c1-29-21-13-10-18(24-22(26)14-7-16-5-3-2-4-6-16)15-20(21)25-30(27,28)19-11-8-17(23)9-12-19/h2-6,8-13,15,25H,7,14H2,1H3,(H,24,26). The van der Waals surface area contributed by atoms with Crippen LogP contribution in [0.4, 0.5) is 15.8 Å². The monoisotopic (exact) mass is 428 g/mol. The molecule has 0 heterocycles. The molecule has 156 valence electrons. The lowest BCUT2D eigenvalue weighted by Crippen LogP contribution is -2.15. The average molecular weight is 428 g/mol. The van der Waals surface area contributed by atoms with Crippen molar-refractivity contribution in [2.45, 2.75) is 17.7 Å². The topological polar surface area (TPSA) is 84.5 Å². The molecule has 2 N–H and O–H groups in total. The van der Waals surface area contributed by atoms with Gasteiger partial charge in [-0.05, 0) is 54.4 Å². The fourth-order valence-corrected chi connectivity index (χ4v) is 3.87. The molecule has 3 aromatic rings. The van der Waals surface area contributed by atoms with Crippen LogP contribution < -0.4 is 14.8 Å². The zero-order valence-electron chi connectivity index (χ0n) is 16.3. The molecule has 0 aromatic heterocycles. The van der Waals surface area contributed by atoms with E-state index in [0.717, 1.165) is 17.7 Å². The highest BCUT2D eigenvalue weighted by Gasteiger charge is 2.17. The molecule has 0 fully saturated rings. The first-order chi connectivity index (χ1) is 14.4. The first-order valence-corrected chi connectivity index (χ1v) is 10.7. The van der Waals surface area contributed by atoms with Crippen LogP contribution in [0.15, 0.2) is 77.7 Å². The van der Waals surface area contributed by atoms with Crippen molar-refractivity contribution < 1.29 is 22.3 Å². The summed E-state index contributed by atoms with van der Waals surface area (Å²) in [5.41, 5.74) is 1.63. The Kier molecular flexibility index (Phi) is 6.68. The third kappa shape index (κ3) is 5.57. The number of nitrogens with one attached hydrogen (secondary N) is 2. The minimum atomic E-state index is -3.96. The van der Waals surface area contributed by atoms with Crippen molar-refractivity contribution in [2.75, 3.05) is 17.1 Å². The molecule has 0 atom stereocenters. The molecule has 1 amide bonds. The van der Waals surface area contributed by atoms with E-state index in [9.17, 15) is 17.6 Å². The fourth-order valence-electron chi connectivity index (χ4n) is 2.81. The smallest absolute Gasteiger partial charge is 0.262 e. The molecule has 0 aliphatic carbocycles. The number of amides is 1. The van der Waals surface area contributed by atoms with Crippen LogP contribution in [0.25, 0.3) is 0 Å². The Morgan fingerprint density at radius 3 is 2.37 bits per heavy atom. The van der Waals surface area contributed by atoms with Gasteiger partial charge in [-0.15, -0.1) is 0 Å². The van der Waals surface area contributed by atoms with Crippen LogP contribution in [0.3, 0.4) is 0 Å². The normalized spacial score (nSPS) is 11.0. The number of anilines is 2. The number of hydrogen-bond donors (Lipinski definition) is 2. The molecule has 0 saturated heterocycles. The summed E-state index contributed by atoms with van der Waals surface area (Å²) in [6.45, 7) is 0. The van der Waals surface area contributed by atoms with Gasteiger partial charge < -0.3 is 10.1 Å². The molecule has 3 rings (SSSR count). The summed E-state index contributed by atoms with van der Waals surface area (Å²) in [7, 11) is -2.56. The molecule has 30 heavy (non-hydrogen) atoms. The van der Waals surface area contributed by atoms with Gasteiger partial charge in [-0.1, -0.05) is 30.3 Å². The van der Waals surface area contributed by atoms with Gasteiger partial charge in [0.05, 0.1) is 17.7 Å². The van der Waals surface area contributed by atoms with Gasteiger partial charge >= 0.3 is 0 Å². The molecule has 0 aliphatic heterocycles. The zero-order chi connectivity index (χ0) is 21.6. The third-order valence-corrected chi connectivity index (χ3v) is 5.72. The molecule has 0 unspecified atom stereocenters. The van der Waals surface area contributed by atoms with Crippen molar-refractivity contribution in [3.05, 3.63) is 84.2 Å². The Hall–Kier alpha value is -3.39. The van der Waals surface area contributed by atoms with Gasteiger partial charge in [0, 0.05) is 12.1 Å². The summed E-state index contributed by atoms with van der Waals surface area (Å²) in [5.74, 6) is -0.453. The van der Waals surface area contributed by atoms with Crippen LogP contribution in [-0.4, -0.2) is 21.4 Å². The second-order valence-electron chi connectivity index (χ2n) is 6.51. The predicted octanol–water partition coefficient (Wildman–Crippen LogP) is 4.21. The van der Waals surface area contributed by atoms with Crippen molar-refractivity contribution in [1.82, 2.24) is 0 Å². The lowest BCUT2D eigenvalue weighted by Gasteiger charge is -2.14. The Morgan fingerprint density at radius 2 is 1.70 bits per heavy atom. The number of ether oxygens (including phenoxy) is 1. The minimum absolute atomic E-state index is 0.0942. The van der Waals surface area contributed by atoms with E-state index in [1.54, 1.807) is 12.1 Å². The van der Waals surface area contributed by atoms with E-state index in [-0.39, 0.29) is 28.7 Å². The number of sulfonamides is 1. The maximum absolute atomic E-state index is 13.1. The van der Waals surface area contributed by atoms with E-state index in [4.69, 9.17) is 4.74 Å². The number of benzene rings is 3. The van der Waals surface area contributed by atoms with E-state index < -0.39 is 15.8 Å². The van der Waals surface area contributed by atoms with E-state index in [2.05, 4.69) is 10.0 Å². The summed E-state index contributed by atoms with van der Waals surface area (Å²) < 4.78 is 45.9. The molecule has 3 aromatic carbocycles. The molecule has 0 spiro atoms. The number of halogens is 1. The molecule has 0 aliphatic rings. The summed E-state index contributed by atoms with van der Waals surface area (Å²) in [6.07, 6.45) is 0.875. The zero-order valence-corrected chi connectivity index (χ0v) is 17.1. The fraction of sp³-hybridized carbons (Fsp3) is 0.136. The Labute approximate surface area is 174 Å². The van der Waals surface area contributed by atoms with Crippen LogP contribution in [0, 0.1) is 5.82 Å². The van der Waals surface area contributed by atoms with Gasteiger partial charge in [-0.25, -0.2) is 12.8 Å². The highest BCUT2D eigenvalue weighted by Crippen LogP contribution is 2.30. The van der Waals surface area contributed by atoms with Crippen molar-refractivity contribution >= 4 is 27.3 Å². The van der Waals surface area contributed by atoms with Gasteiger partial charge in [-0.3, -0.25) is 9.52 Å². The molecule has 6 nitrogen and oxygen atoms in total. The van der Waals surface area contributed by atoms with Crippen LogP contribution in [-0.2, 0) is 21.2 Å². The maximum Gasteiger partial charge on any atom is 0.262 e. The minimum Gasteiger partial charge on any atom is -0.495 e. The summed E-state index contributed by atoms with van der Waals surface area (Å²) >= 11 is 0. The van der Waals surface area contributed by atoms with Gasteiger partial charge in [-0.2, -0.15) is 0 Å². The largest absolute Gasteiger partial charge is 0.495 e. The molecular formula is C22H21FN2O4S. The number of carbonyl (C=O) groups excluding carboxylic acids is 1. The molecule has 0 radical (unpaired) electrons. The van der Waals surface area contributed by atoms with Crippen LogP contribution in [0.5, 0.6) is 5.75 Å². The number of aryl methyl sites for hydroxylation is 1. The molecule has 8 heteroatoms. The van der Waals surface area contributed by atoms with Gasteiger partial charge in [0.2, 0.25) is 5.91 Å². The highest BCUT2D eigenvalue weighted by molar-refractivity contribution is 7.92. The van der Waals surface area contributed by atoms with E-state index in [0.29, 0.717) is 12.1 Å². The van der Waals surface area contributed by atoms with Gasteiger partial charge in [0.1, 0.15) is 11.6 Å². The quantitative estimate of drug-likeness (QED) is 0.563. The van der Waals surface area contributed by atoms with Gasteiger partial charge in [0.25, 0.3) is 10.0 Å². The number of hydrogen-bond acceptors (Lipinski definition) is 4. The second kappa shape index (κ2) is 9.41. The Bertz CT molecular complexity index is 1120. The van der Waals surface area contributed by atoms with E-state index in [1.807, 2.05) is 30.3 Å². The number of carbonyl (C=O) groups is 1. The van der Waals surface area contributed by atoms with Crippen LogP contribution in [0.1, 0.15) is 12.0 Å². The van der Waals surface area contributed by atoms with Crippen molar-refractivity contribution in [1.29, 1.82) is 0 Å². The predicted molar refractivity (Wildman–Crippen MR) is 114 cm³/mol. The Balaban J connectivity index is 1.73. The van der Waals surface area contributed by atoms with Gasteiger partial charge in [0.15, 0.2) is 0 Å². The van der Waals surface area contributed by atoms with Crippen LogP contribution >= 0.6 is 0 Å². The third-order valence-electron chi connectivity index (χ3n) is 4.34. The van der Waals surface area contributed by atoms with Crippen LogP contribution in [0.2, 0.25) is 0 Å². The summed E-state index contributed by atoms with van der Waals surface area (Å²) in [4.78, 5) is 12.2. The first-order valence-electron chi connectivity index (χ1n) is 9.17. The number of rotatable bonds is 8. The Morgan fingerprint density at radius 1 is 1.00 bits per heavy atom. The average Bonchev–Trinajstić information content (AvgIpc) is 2.73. The highest BCUT2D eigenvalue weighted by atomic mass is 32.2. The van der Waals surface area contributed by atoms with E-state index in [1.165, 1.54) is 25.3 Å². The maximum atomic E-state index is 13.1. The SMILES string of the molecule is COc1ccc(NC(=O)CCc2ccccc2)cc1NS(=O)(=O)c1ccc(F)cc1. The lowest BCUT2D eigenvalue weighted by molar-refractivity contribution is -0.116. The van der Waals surface area contributed by atoms with E-state index >= 15 is 0 Å². The summed E-state index contributed by atoms with van der Waals surface area (Å²) in [6, 6.07) is 18.7. The summed E-state index contributed by atoms with van der Waals surface area (Å²) in [5, 5.41) is 2.76. The van der Waals surface area contributed by atoms with Crippen molar-refractivity contribution in [2.24, 2.45) is 0 Å². The molecular weight excluding hydrogens is 407 g/mol. The van der Waals surface area contributed by atoms with Crippen molar-refractivity contribution in [3.63, 3.8) is 0 Å². The molecule has 0 saturated carbocycles.